The van der Waals surface area contributed by atoms with E-state index >= 15 is 0 Å². The second kappa shape index (κ2) is 4.14. The molecule has 0 fully saturated rings. The second-order valence-corrected chi connectivity index (χ2v) is 4.46. The van der Waals surface area contributed by atoms with Gasteiger partial charge < -0.3 is 5.73 Å². The number of fused-ring (bicyclic) bond motifs is 1. The standard InChI is InChI=1S/C15H12N4/c1-10-3-2-4-12(7-10)19-14-8-11(9-16)5-6-13(14)18-15(19)17/h2-8H,1H3,(H2,17,18). The zero-order chi connectivity index (χ0) is 13.4. The first-order valence-electron chi connectivity index (χ1n) is 5.94. The number of nitrogens with zero attached hydrogens (tertiary/aromatic N) is 3. The van der Waals surface area contributed by atoms with Crippen LogP contribution in [0.15, 0.2) is 42.5 Å². The summed E-state index contributed by atoms with van der Waals surface area (Å²) in [5.41, 5.74) is 10.3. The minimum absolute atomic E-state index is 0.427. The highest BCUT2D eigenvalue weighted by atomic mass is 15.2. The van der Waals surface area contributed by atoms with Gasteiger partial charge in [0.1, 0.15) is 0 Å². The Morgan fingerprint density at radius 1 is 1.21 bits per heavy atom. The minimum Gasteiger partial charge on any atom is -0.369 e. The van der Waals surface area contributed by atoms with Crippen molar-refractivity contribution >= 4 is 17.0 Å². The summed E-state index contributed by atoms with van der Waals surface area (Å²) in [6, 6.07) is 15.5. The van der Waals surface area contributed by atoms with Gasteiger partial charge in [0, 0.05) is 5.69 Å². The summed E-state index contributed by atoms with van der Waals surface area (Å²) in [6.45, 7) is 2.03. The predicted octanol–water partition coefficient (Wildman–Crippen LogP) is 2.79. The second-order valence-electron chi connectivity index (χ2n) is 4.46. The Bertz CT molecular complexity index is 809. The Kier molecular flexibility index (Phi) is 2.46. The van der Waals surface area contributed by atoms with Gasteiger partial charge in [0.25, 0.3) is 0 Å². The van der Waals surface area contributed by atoms with Crippen LogP contribution in [-0.2, 0) is 0 Å². The van der Waals surface area contributed by atoms with Crippen LogP contribution in [0.1, 0.15) is 11.1 Å². The first-order valence-corrected chi connectivity index (χ1v) is 5.94. The van der Waals surface area contributed by atoms with Crippen LogP contribution in [0.25, 0.3) is 16.7 Å². The van der Waals surface area contributed by atoms with E-state index in [1.807, 2.05) is 41.8 Å². The Morgan fingerprint density at radius 2 is 2.05 bits per heavy atom. The lowest BCUT2D eigenvalue weighted by Crippen LogP contribution is -2.00. The lowest BCUT2D eigenvalue weighted by Gasteiger charge is -2.07. The topological polar surface area (TPSA) is 67.6 Å². The minimum atomic E-state index is 0.427. The molecule has 92 valence electrons. The SMILES string of the molecule is Cc1cccc(-n2c(N)nc3ccc(C#N)cc32)c1. The lowest BCUT2D eigenvalue weighted by atomic mass is 10.2. The maximum absolute atomic E-state index is 9.00. The van der Waals surface area contributed by atoms with Crippen LogP contribution in [0.2, 0.25) is 0 Å². The molecule has 2 aromatic carbocycles. The molecule has 1 heterocycles. The molecule has 0 bridgehead atoms. The van der Waals surface area contributed by atoms with E-state index in [1.165, 1.54) is 0 Å². The predicted molar refractivity (Wildman–Crippen MR) is 74.9 cm³/mol. The molecule has 0 spiro atoms. The van der Waals surface area contributed by atoms with Gasteiger partial charge in [-0.05, 0) is 42.8 Å². The summed E-state index contributed by atoms with van der Waals surface area (Å²) in [5, 5.41) is 9.00. The highest BCUT2D eigenvalue weighted by Crippen LogP contribution is 2.24. The van der Waals surface area contributed by atoms with Gasteiger partial charge in [-0.3, -0.25) is 4.57 Å². The van der Waals surface area contributed by atoms with Gasteiger partial charge in [0.2, 0.25) is 5.95 Å². The fourth-order valence-corrected chi connectivity index (χ4v) is 2.20. The van der Waals surface area contributed by atoms with Crippen molar-refractivity contribution < 1.29 is 0 Å². The van der Waals surface area contributed by atoms with E-state index in [4.69, 9.17) is 11.0 Å². The number of nitrogen functional groups attached to an aromatic ring is 1. The third kappa shape index (κ3) is 1.81. The van der Waals surface area contributed by atoms with Crippen molar-refractivity contribution in [3.63, 3.8) is 0 Å². The van der Waals surface area contributed by atoms with E-state index < -0.39 is 0 Å². The van der Waals surface area contributed by atoms with E-state index in [2.05, 4.69) is 11.1 Å². The summed E-state index contributed by atoms with van der Waals surface area (Å²) in [6.07, 6.45) is 0. The normalized spacial score (nSPS) is 10.5. The molecule has 0 aliphatic rings. The van der Waals surface area contributed by atoms with E-state index in [-0.39, 0.29) is 0 Å². The molecule has 4 heteroatoms. The van der Waals surface area contributed by atoms with Crippen LogP contribution >= 0.6 is 0 Å². The number of benzene rings is 2. The summed E-state index contributed by atoms with van der Waals surface area (Å²) >= 11 is 0. The van der Waals surface area contributed by atoms with E-state index in [1.54, 1.807) is 12.1 Å². The fraction of sp³-hybridized carbons (Fsp3) is 0.0667. The fourth-order valence-electron chi connectivity index (χ4n) is 2.20. The molecule has 0 aliphatic carbocycles. The first kappa shape index (κ1) is 11.3. The van der Waals surface area contributed by atoms with Crippen LogP contribution < -0.4 is 5.73 Å². The van der Waals surface area contributed by atoms with Crippen LogP contribution in [0.4, 0.5) is 5.95 Å². The number of nitrogens with two attached hydrogens (primary N) is 1. The van der Waals surface area contributed by atoms with Gasteiger partial charge in [-0.25, -0.2) is 4.98 Å². The molecule has 2 N–H and O–H groups in total. The Hall–Kier alpha value is -2.80. The maximum atomic E-state index is 9.00. The molecule has 0 aliphatic heterocycles. The average molecular weight is 248 g/mol. The molecule has 0 saturated heterocycles. The van der Waals surface area contributed by atoms with Crippen LogP contribution in [0, 0.1) is 18.3 Å². The highest BCUT2D eigenvalue weighted by Gasteiger charge is 2.10. The van der Waals surface area contributed by atoms with Gasteiger partial charge in [-0.2, -0.15) is 5.26 Å². The van der Waals surface area contributed by atoms with Crippen molar-refractivity contribution in [2.45, 2.75) is 6.92 Å². The molecular formula is C15H12N4. The van der Waals surface area contributed by atoms with Crippen molar-refractivity contribution in [2.24, 2.45) is 0 Å². The smallest absolute Gasteiger partial charge is 0.205 e. The zero-order valence-electron chi connectivity index (χ0n) is 10.5. The number of rotatable bonds is 1. The van der Waals surface area contributed by atoms with Crippen LogP contribution in [0.5, 0.6) is 0 Å². The quantitative estimate of drug-likeness (QED) is 0.720. The van der Waals surface area contributed by atoms with Crippen LogP contribution in [-0.4, -0.2) is 9.55 Å². The summed E-state index contributed by atoms with van der Waals surface area (Å²) < 4.78 is 1.86. The number of hydrogen-bond donors (Lipinski definition) is 1. The van der Waals surface area contributed by atoms with Gasteiger partial charge in [0.05, 0.1) is 22.7 Å². The molecule has 3 rings (SSSR count). The van der Waals surface area contributed by atoms with Crippen molar-refractivity contribution in [1.29, 1.82) is 5.26 Å². The Morgan fingerprint density at radius 3 is 2.79 bits per heavy atom. The molecular weight excluding hydrogens is 236 g/mol. The Balaban J connectivity index is 2.34. The van der Waals surface area contributed by atoms with Gasteiger partial charge in [0.15, 0.2) is 0 Å². The molecule has 3 aromatic rings. The first-order chi connectivity index (χ1) is 9.19. The molecule has 0 atom stereocenters. The lowest BCUT2D eigenvalue weighted by molar-refractivity contribution is 1.10. The number of anilines is 1. The Labute approximate surface area is 110 Å². The van der Waals surface area contributed by atoms with Gasteiger partial charge in [-0.15, -0.1) is 0 Å². The summed E-state index contributed by atoms with van der Waals surface area (Å²) in [5.74, 6) is 0.427. The monoisotopic (exact) mass is 248 g/mol. The average Bonchev–Trinajstić information content (AvgIpc) is 2.73. The van der Waals surface area contributed by atoms with E-state index in [0.29, 0.717) is 11.5 Å². The maximum Gasteiger partial charge on any atom is 0.205 e. The van der Waals surface area contributed by atoms with Crippen molar-refractivity contribution in [1.82, 2.24) is 9.55 Å². The van der Waals surface area contributed by atoms with Gasteiger partial charge in [-0.1, -0.05) is 12.1 Å². The molecule has 4 nitrogen and oxygen atoms in total. The molecule has 19 heavy (non-hydrogen) atoms. The van der Waals surface area contributed by atoms with E-state index in [0.717, 1.165) is 22.3 Å². The number of nitriles is 1. The van der Waals surface area contributed by atoms with Crippen molar-refractivity contribution in [3.05, 3.63) is 53.6 Å². The highest BCUT2D eigenvalue weighted by molar-refractivity contribution is 5.82. The summed E-state index contributed by atoms with van der Waals surface area (Å²) in [7, 11) is 0. The number of aryl methyl sites for hydroxylation is 1. The van der Waals surface area contributed by atoms with Crippen LogP contribution in [0.3, 0.4) is 0 Å². The molecule has 0 radical (unpaired) electrons. The number of hydrogen-bond acceptors (Lipinski definition) is 3. The zero-order valence-corrected chi connectivity index (χ0v) is 10.5. The number of imidazole rings is 1. The largest absolute Gasteiger partial charge is 0.369 e. The molecule has 0 amide bonds. The number of aromatic nitrogens is 2. The van der Waals surface area contributed by atoms with Crippen molar-refractivity contribution in [2.75, 3.05) is 5.73 Å². The molecule has 0 saturated carbocycles. The molecule has 1 aromatic heterocycles. The van der Waals surface area contributed by atoms with Gasteiger partial charge >= 0.3 is 0 Å². The van der Waals surface area contributed by atoms with E-state index in [9.17, 15) is 0 Å². The third-order valence-electron chi connectivity index (χ3n) is 3.07. The molecule has 0 unspecified atom stereocenters. The van der Waals surface area contributed by atoms with Crippen molar-refractivity contribution in [3.8, 4) is 11.8 Å². The third-order valence-corrected chi connectivity index (χ3v) is 3.07. The summed E-state index contributed by atoms with van der Waals surface area (Å²) in [4.78, 5) is 4.33.